The number of hydrogen-bond donors (Lipinski definition) is 3. The molecule has 0 spiro atoms. The Morgan fingerprint density at radius 1 is 1.56 bits per heavy atom. The van der Waals surface area contributed by atoms with E-state index in [-0.39, 0.29) is 16.7 Å². The Bertz CT molecular complexity index is 499. The SMILES string of the molecule is CC1Sc2ccc(NCC3(N)CC3)cc2NC1=O. The average Bonchev–Trinajstić information content (AvgIpc) is 3.07. The van der Waals surface area contributed by atoms with Crippen LogP contribution >= 0.6 is 11.8 Å². The van der Waals surface area contributed by atoms with Crippen LogP contribution in [0.4, 0.5) is 11.4 Å². The van der Waals surface area contributed by atoms with Crippen molar-refractivity contribution in [2.24, 2.45) is 5.73 Å². The molecule has 4 nitrogen and oxygen atoms in total. The summed E-state index contributed by atoms with van der Waals surface area (Å²) in [6.07, 6.45) is 2.18. The van der Waals surface area contributed by atoms with Crippen molar-refractivity contribution in [2.75, 3.05) is 17.2 Å². The second-order valence-electron chi connectivity index (χ2n) is 5.18. The summed E-state index contributed by atoms with van der Waals surface area (Å²) in [7, 11) is 0. The maximum Gasteiger partial charge on any atom is 0.237 e. The van der Waals surface area contributed by atoms with Crippen LogP contribution in [0.2, 0.25) is 0 Å². The first kappa shape index (κ1) is 11.9. The molecule has 0 saturated heterocycles. The van der Waals surface area contributed by atoms with Crippen LogP contribution in [0.15, 0.2) is 23.1 Å². The van der Waals surface area contributed by atoms with Crippen molar-refractivity contribution in [2.45, 2.75) is 35.4 Å². The summed E-state index contributed by atoms with van der Waals surface area (Å²) in [5.41, 5.74) is 7.94. The molecule has 3 rings (SSSR count). The van der Waals surface area contributed by atoms with Crippen molar-refractivity contribution in [3.8, 4) is 0 Å². The van der Waals surface area contributed by atoms with Crippen LogP contribution in [0.5, 0.6) is 0 Å². The quantitative estimate of drug-likeness (QED) is 0.780. The molecule has 18 heavy (non-hydrogen) atoms. The lowest BCUT2D eigenvalue weighted by molar-refractivity contribution is -0.115. The number of anilines is 2. The minimum Gasteiger partial charge on any atom is -0.383 e. The van der Waals surface area contributed by atoms with Crippen molar-refractivity contribution in [3.05, 3.63) is 18.2 Å². The van der Waals surface area contributed by atoms with Gasteiger partial charge in [-0.05, 0) is 38.0 Å². The van der Waals surface area contributed by atoms with Crippen LogP contribution in [-0.4, -0.2) is 23.2 Å². The van der Waals surface area contributed by atoms with Crippen LogP contribution < -0.4 is 16.4 Å². The van der Waals surface area contributed by atoms with Crippen molar-refractivity contribution in [3.63, 3.8) is 0 Å². The van der Waals surface area contributed by atoms with Gasteiger partial charge in [0.05, 0.1) is 10.9 Å². The van der Waals surface area contributed by atoms with Gasteiger partial charge in [-0.25, -0.2) is 0 Å². The predicted molar refractivity (Wildman–Crippen MR) is 75.0 cm³/mol. The van der Waals surface area contributed by atoms with Crippen molar-refractivity contribution >= 4 is 29.0 Å². The van der Waals surface area contributed by atoms with Crippen LogP contribution in [0.1, 0.15) is 19.8 Å². The Morgan fingerprint density at radius 3 is 3.06 bits per heavy atom. The summed E-state index contributed by atoms with van der Waals surface area (Å²) in [4.78, 5) is 12.7. The maximum absolute atomic E-state index is 11.6. The summed E-state index contributed by atoms with van der Waals surface area (Å²) >= 11 is 1.60. The number of benzene rings is 1. The molecule has 1 unspecified atom stereocenters. The highest BCUT2D eigenvalue weighted by Gasteiger charge is 2.37. The Morgan fingerprint density at radius 2 is 2.33 bits per heavy atom. The molecule has 5 heteroatoms. The molecule has 1 aromatic rings. The molecule has 0 bridgehead atoms. The third-order valence-electron chi connectivity index (χ3n) is 3.45. The van der Waals surface area contributed by atoms with E-state index in [1.807, 2.05) is 25.1 Å². The molecule has 1 atom stereocenters. The largest absolute Gasteiger partial charge is 0.383 e. The first-order chi connectivity index (χ1) is 8.56. The highest BCUT2D eigenvalue weighted by molar-refractivity contribution is 8.00. The summed E-state index contributed by atoms with van der Waals surface area (Å²) in [5.74, 6) is 0.0714. The summed E-state index contributed by atoms with van der Waals surface area (Å²) in [6, 6.07) is 6.08. The zero-order valence-electron chi connectivity index (χ0n) is 10.3. The van der Waals surface area contributed by atoms with Gasteiger partial charge in [-0.3, -0.25) is 4.79 Å². The normalized spacial score (nSPS) is 24.1. The number of fused-ring (bicyclic) bond motifs is 1. The van der Waals surface area contributed by atoms with Gasteiger partial charge in [0, 0.05) is 22.7 Å². The van der Waals surface area contributed by atoms with Crippen molar-refractivity contribution in [1.29, 1.82) is 0 Å². The van der Waals surface area contributed by atoms with Crippen molar-refractivity contribution in [1.82, 2.24) is 0 Å². The molecule has 0 radical (unpaired) electrons. The zero-order chi connectivity index (χ0) is 12.8. The van der Waals surface area contributed by atoms with E-state index in [4.69, 9.17) is 5.73 Å². The average molecular weight is 263 g/mol. The molecule has 1 saturated carbocycles. The molecule has 4 N–H and O–H groups in total. The van der Waals surface area contributed by atoms with E-state index >= 15 is 0 Å². The number of nitrogens with two attached hydrogens (primary N) is 1. The van der Waals surface area contributed by atoms with E-state index < -0.39 is 0 Å². The predicted octanol–water partition coefficient (Wildman–Crippen LogP) is 2.02. The van der Waals surface area contributed by atoms with Crippen molar-refractivity contribution < 1.29 is 4.79 Å². The maximum atomic E-state index is 11.6. The Kier molecular flexibility index (Phi) is 2.75. The van der Waals surface area contributed by atoms with E-state index in [1.54, 1.807) is 11.8 Å². The standard InChI is InChI=1S/C13H17N3OS/c1-8-12(17)16-10-6-9(2-3-11(10)18-8)15-7-13(14)4-5-13/h2-3,6,8,15H,4-5,7,14H2,1H3,(H,16,17). The van der Waals surface area contributed by atoms with Gasteiger partial charge in [-0.2, -0.15) is 0 Å². The topological polar surface area (TPSA) is 67.2 Å². The third kappa shape index (κ3) is 2.33. The summed E-state index contributed by atoms with van der Waals surface area (Å²) in [5, 5.41) is 6.25. The van der Waals surface area contributed by atoms with Gasteiger partial charge < -0.3 is 16.4 Å². The molecular weight excluding hydrogens is 246 g/mol. The number of thioether (sulfide) groups is 1. The molecule has 1 aliphatic carbocycles. The third-order valence-corrected chi connectivity index (χ3v) is 4.62. The lowest BCUT2D eigenvalue weighted by Gasteiger charge is -2.22. The fourth-order valence-corrected chi connectivity index (χ4v) is 2.86. The molecule has 1 aromatic carbocycles. The van der Waals surface area contributed by atoms with Crippen LogP contribution in [0.3, 0.4) is 0 Å². The van der Waals surface area contributed by atoms with Gasteiger partial charge >= 0.3 is 0 Å². The number of carbonyl (C=O) groups is 1. The molecule has 1 aliphatic heterocycles. The van der Waals surface area contributed by atoms with E-state index in [1.165, 1.54) is 0 Å². The zero-order valence-corrected chi connectivity index (χ0v) is 11.1. The van der Waals surface area contributed by atoms with E-state index in [9.17, 15) is 4.79 Å². The second kappa shape index (κ2) is 4.17. The Labute approximate surface area is 111 Å². The van der Waals surface area contributed by atoms with E-state index in [2.05, 4.69) is 10.6 Å². The Hall–Kier alpha value is -1.20. The van der Waals surface area contributed by atoms with Gasteiger partial charge in [-0.1, -0.05) is 0 Å². The van der Waals surface area contributed by atoms with Crippen LogP contribution in [0, 0.1) is 0 Å². The smallest absolute Gasteiger partial charge is 0.237 e. The summed E-state index contributed by atoms with van der Waals surface area (Å²) < 4.78 is 0. The first-order valence-electron chi connectivity index (χ1n) is 6.20. The van der Waals surface area contributed by atoms with Crippen LogP contribution in [-0.2, 0) is 4.79 Å². The minimum absolute atomic E-state index is 0.0115. The second-order valence-corrected chi connectivity index (χ2v) is 6.56. The van der Waals surface area contributed by atoms with E-state index in [0.717, 1.165) is 35.7 Å². The first-order valence-corrected chi connectivity index (χ1v) is 7.08. The summed E-state index contributed by atoms with van der Waals surface area (Å²) in [6.45, 7) is 2.71. The van der Waals surface area contributed by atoms with Gasteiger partial charge in [0.25, 0.3) is 0 Å². The number of amides is 1. The van der Waals surface area contributed by atoms with Gasteiger partial charge in [0.1, 0.15) is 0 Å². The highest BCUT2D eigenvalue weighted by Crippen LogP contribution is 2.37. The molecule has 1 heterocycles. The van der Waals surface area contributed by atoms with Gasteiger partial charge in [0.15, 0.2) is 0 Å². The highest BCUT2D eigenvalue weighted by atomic mass is 32.2. The van der Waals surface area contributed by atoms with Gasteiger partial charge in [-0.15, -0.1) is 11.8 Å². The lowest BCUT2D eigenvalue weighted by Crippen LogP contribution is -2.31. The molecule has 1 amide bonds. The molecule has 96 valence electrons. The Balaban J connectivity index is 1.74. The molecule has 0 aromatic heterocycles. The molecule has 2 aliphatic rings. The fraction of sp³-hybridized carbons (Fsp3) is 0.462. The number of nitrogens with one attached hydrogen (secondary N) is 2. The fourth-order valence-electron chi connectivity index (χ4n) is 1.93. The number of hydrogen-bond acceptors (Lipinski definition) is 4. The van der Waals surface area contributed by atoms with Crippen LogP contribution in [0.25, 0.3) is 0 Å². The monoisotopic (exact) mass is 263 g/mol. The molecule has 1 fully saturated rings. The van der Waals surface area contributed by atoms with Gasteiger partial charge in [0.2, 0.25) is 5.91 Å². The number of rotatable bonds is 3. The lowest BCUT2D eigenvalue weighted by atomic mass is 10.2. The van der Waals surface area contributed by atoms with E-state index in [0.29, 0.717) is 0 Å². The number of carbonyl (C=O) groups excluding carboxylic acids is 1. The minimum atomic E-state index is -0.0184. The molecular formula is C13H17N3OS.